The minimum absolute atomic E-state index is 0.110. The topological polar surface area (TPSA) is 67.8 Å². The number of amides is 1. The molecular weight excluding hydrogens is 284 g/mol. The number of nitrogens with zero attached hydrogens (tertiary/aromatic N) is 3. The molecule has 0 aliphatic heterocycles. The average molecular weight is 302 g/mol. The van der Waals surface area contributed by atoms with Gasteiger partial charge in [-0.3, -0.25) is 4.79 Å². The molecule has 2 heterocycles. The second kappa shape index (κ2) is 7.73. The van der Waals surface area contributed by atoms with E-state index >= 15 is 0 Å². The van der Waals surface area contributed by atoms with Crippen LogP contribution >= 0.6 is 11.8 Å². The number of carbonyl (C=O) groups is 1. The molecule has 0 fully saturated rings. The zero-order chi connectivity index (χ0) is 15.1. The van der Waals surface area contributed by atoms with E-state index in [4.69, 9.17) is 0 Å². The second-order valence-electron chi connectivity index (χ2n) is 4.59. The number of aryl methyl sites for hydroxylation is 2. The molecule has 0 aromatic carbocycles. The van der Waals surface area contributed by atoms with Gasteiger partial charge < -0.3 is 5.32 Å². The van der Waals surface area contributed by atoms with Crippen LogP contribution in [0.4, 0.5) is 5.82 Å². The Kier molecular flexibility index (Phi) is 5.68. The van der Waals surface area contributed by atoms with Crippen molar-refractivity contribution in [1.29, 1.82) is 0 Å². The van der Waals surface area contributed by atoms with Gasteiger partial charge in [0.2, 0.25) is 5.91 Å². The molecule has 0 unspecified atom stereocenters. The fourth-order valence-electron chi connectivity index (χ4n) is 1.80. The van der Waals surface area contributed by atoms with Crippen LogP contribution in [0.15, 0.2) is 35.6 Å². The number of carbonyl (C=O) groups excluding carboxylic acids is 1. The van der Waals surface area contributed by atoms with Crippen LogP contribution in [0.3, 0.4) is 0 Å². The molecule has 21 heavy (non-hydrogen) atoms. The predicted octanol–water partition coefficient (Wildman–Crippen LogP) is 2.86. The molecule has 0 atom stereocenters. The first-order valence-corrected chi connectivity index (χ1v) is 7.84. The Morgan fingerprint density at radius 3 is 2.90 bits per heavy atom. The van der Waals surface area contributed by atoms with Crippen molar-refractivity contribution in [2.24, 2.45) is 0 Å². The smallest absolute Gasteiger partial charge is 0.236 e. The van der Waals surface area contributed by atoms with E-state index < -0.39 is 0 Å². The Morgan fingerprint density at radius 2 is 2.19 bits per heavy atom. The lowest BCUT2D eigenvalue weighted by atomic mass is 10.2. The average Bonchev–Trinajstić information content (AvgIpc) is 2.46. The first-order valence-electron chi connectivity index (χ1n) is 6.85. The van der Waals surface area contributed by atoms with E-state index in [9.17, 15) is 4.79 Å². The van der Waals surface area contributed by atoms with Crippen LogP contribution < -0.4 is 5.32 Å². The normalized spacial score (nSPS) is 10.4. The molecule has 0 radical (unpaired) electrons. The molecule has 110 valence electrons. The third kappa shape index (κ3) is 5.15. The van der Waals surface area contributed by atoms with Crippen molar-refractivity contribution in [3.05, 3.63) is 41.9 Å². The van der Waals surface area contributed by atoms with Crippen LogP contribution in [-0.2, 0) is 11.2 Å². The molecule has 2 rings (SSSR count). The Hall–Kier alpha value is -1.95. The van der Waals surface area contributed by atoms with Crippen LogP contribution in [0.5, 0.6) is 0 Å². The van der Waals surface area contributed by atoms with E-state index in [0.29, 0.717) is 11.0 Å². The van der Waals surface area contributed by atoms with Crippen LogP contribution in [-0.4, -0.2) is 26.6 Å². The fraction of sp³-hybridized carbons (Fsp3) is 0.333. The summed E-state index contributed by atoms with van der Waals surface area (Å²) >= 11 is 1.34. The number of anilines is 1. The molecule has 2 aromatic rings. The van der Waals surface area contributed by atoms with E-state index in [-0.39, 0.29) is 11.7 Å². The third-order valence-corrected chi connectivity index (χ3v) is 3.50. The third-order valence-electron chi connectivity index (χ3n) is 2.66. The second-order valence-corrected chi connectivity index (χ2v) is 5.53. The van der Waals surface area contributed by atoms with Crippen molar-refractivity contribution in [3.8, 4) is 0 Å². The summed E-state index contributed by atoms with van der Waals surface area (Å²) in [6.07, 6.45) is 3.61. The van der Waals surface area contributed by atoms with E-state index in [1.54, 1.807) is 18.3 Å². The quantitative estimate of drug-likeness (QED) is 0.656. The number of nitrogens with one attached hydrogen (secondary N) is 1. The van der Waals surface area contributed by atoms with Crippen molar-refractivity contribution in [3.63, 3.8) is 0 Å². The van der Waals surface area contributed by atoms with Crippen LogP contribution in [0.2, 0.25) is 0 Å². The molecule has 1 N–H and O–H groups in total. The van der Waals surface area contributed by atoms with Crippen LogP contribution in [0.25, 0.3) is 0 Å². The lowest BCUT2D eigenvalue weighted by Crippen LogP contribution is -2.15. The summed E-state index contributed by atoms with van der Waals surface area (Å²) in [7, 11) is 0. The minimum atomic E-state index is -0.110. The van der Waals surface area contributed by atoms with Crippen molar-refractivity contribution in [2.45, 2.75) is 31.8 Å². The monoisotopic (exact) mass is 302 g/mol. The summed E-state index contributed by atoms with van der Waals surface area (Å²) in [4.78, 5) is 24.7. The van der Waals surface area contributed by atoms with E-state index in [1.807, 2.05) is 19.1 Å². The van der Waals surface area contributed by atoms with Gasteiger partial charge >= 0.3 is 0 Å². The van der Waals surface area contributed by atoms with Gasteiger partial charge in [0.25, 0.3) is 0 Å². The highest BCUT2D eigenvalue weighted by molar-refractivity contribution is 7.99. The first-order chi connectivity index (χ1) is 10.2. The van der Waals surface area contributed by atoms with E-state index in [1.165, 1.54) is 11.8 Å². The van der Waals surface area contributed by atoms with Gasteiger partial charge in [0.15, 0.2) is 5.16 Å². The molecule has 2 aromatic heterocycles. The van der Waals surface area contributed by atoms with Gasteiger partial charge in [-0.05, 0) is 31.5 Å². The Bertz CT molecular complexity index is 604. The molecule has 0 aliphatic rings. The fourth-order valence-corrected chi connectivity index (χ4v) is 2.52. The van der Waals surface area contributed by atoms with Gasteiger partial charge in [0, 0.05) is 17.6 Å². The number of thioether (sulfide) groups is 1. The highest BCUT2D eigenvalue weighted by Gasteiger charge is 2.07. The largest absolute Gasteiger partial charge is 0.310 e. The molecule has 1 amide bonds. The molecule has 0 saturated carbocycles. The zero-order valence-corrected chi connectivity index (χ0v) is 13.0. The number of hydrogen-bond acceptors (Lipinski definition) is 5. The maximum atomic E-state index is 11.9. The highest BCUT2D eigenvalue weighted by Crippen LogP contribution is 2.15. The molecular formula is C15H18N4OS. The van der Waals surface area contributed by atoms with Crippen molar-refractivity contribution in [1.82, 2.24) is 15.0 Å². The summed E-state index contributed by atoms with van der Waals surface area (Å²) < 4.78 is 0. The summed E-state index contributed by atoms with van der Waals surface area (Å²) in [5.41, 5.74) is 1.96. The molecule has 0 aliphatic carbocycles. The lowest BCUT2D eigenvalue weighted by molar-refractivity contribution is -0.113. The van der Waals surface area contributed by atoms with Gasteiger partial charge in [-0.2, -0.15) is 0 Å². The van der Waals surface area contributed by atoms with Gasteiger partial charge in [-0.15, -0.1) is 0 Å². The maximum Gasteiger partial charge on any atom is 0.236 e. The molecule has 0 bridgehead atoms. The highest BCUT2D eigenvalue weighted by atomic mass is 32.2. The number of hydrogen-bond donors (Lipinski definition) is 1. The summed E-state index contributed by atoms with van der Waals surface area (Å²) in [5, 5.41) is 3.39. The SMILES string of the molecule is CCCc1cc(C)nc(SCC(=O)Nc2ccccn2)n1. The molecule has 0 saturated heterocycles. The number of pyridine rings is 1. The predicted molar refractivity (Wildman–Crippen MR) is 84.4 cm³/mol. The maximum absolute atomic E-state index is 11.9. The minimum Gasteiger partial charge on any atom is -0.310 e. The zero-order valence-electron chi connectivity index (χ0n) is 12.2. The van der Waals surface area contributed by atoms with Gasteiger partial charge in [-0.25, -0.2) is 15.0 Å². The Balaban J connectivity index is 1.92. The van der Waals surface area contributed by atoms with E-state index in [2.05, 4.69) is 27.2 Å². The summed E-state index contributed by atoms with van der Waals surface area (Å²) in [6.45, 7) is 4.06. The summed E-state index contributed by atoms with van der Waals surface area (Å²) in [5.74, 6) is 0.715. The van der Waals surface area contributed by atoms with Gasteiger partial charge in [0.1, 0.15) is 5.82 Å². The lowest BCUT2D eigenvalue weighted by Gasteiger charge is -2.05. The standard InChI is InChI=1S/C15H18N4OS/c1-3-6-12-9-11(2)17-15(18-12)21-10-14(20)19-13-7-4-5-8-16-13/h4-5,7-9H,3,6,10H2,1-2H3,(H,16,19,20). The molecule has 5 nitrogen and oxygen atoms in total. The molecule has 6 heteroatoms. The van der Waals surface area contributed by atoms with Crippen molar-refractivity contribution in [2.75, 3.05) is 11.1 Å². The van der Waals surface area contributed by atoms with Gasteiger partial charge in [-0.1, -0.05) is 31.2 Å². The number of aromatic nitrogens is 3. The van der Waals surface area contributed by atoms with Crippen LogP contribution in [0, 0.1) is 6.92 Å². The first kappa shape index (κ1) is 15.4. The number of rotatable bonds is 6. The molecule has 0 spiro atoms. The van der Waals surface area contributed by atoms with Crippen molar-refractivity contribution < 1.29 is 4.79 Å². The Morgan fingerprint density at radius 1 is 1.33 bits per heavy atom. The summed E-state index contributed by atoms with van der Waals surface area (Å²) in [6, 6.07) is 7.38. The van der Waals surface area contributed by atoms with Crippen LogP contribution in [0.1, 0.15) is 24.7 Å². The van der Waals surface area contributed by atoms with Gasteiger partial charge in [0.05, 0.1) is 5.75 Å². The van der Waals surface area contributed by atoms with Crippen molar-refractivity contribution >= 4 is 23.5 Å². The van der Waals surface area contributed by atoms with E-state index in [0.717, 1.165) is 24.2 Å². The Labute approximate surface area is 128 Å².